The minimum atomic E-state index is -4.18. The zero-order valence-corrected chi connectivity index (χ0v) is 24.2. The molecule has 202 valence electrons. The largest absolute Gasteiger partial charge is 0.355 e. The van der Waals surface area contributed by atoms with Gasteiger partial charge in [-0.25, -0.2) is 8.42 Å². The number of aryl methyl sites for hydroxylation is 1. The van der Waals surface area contributed by atoms with E-state index < -0.39 is 28.5 Å². The van der Waals surface area contributed by atoms with Gasteiger partial charge in [-0.1, -0.05) is 64.6 Å². The number of anilines is 1. The topological polar surface area (TPSA) is 86.8 Å². The molecule has 0 saturated carbocycles. The third-order valence-corrected chi connectivity index (χ3v) is 8.47. The van der Waals surface area contributed by atoms with Crippen LogP contribution in [0, 0.1) is 6.92 Å². The summed E-state index contributed by atoms with van der Waals surface area (Å²) in [5.41, 5.74) is 1.65. The summed E-state index contributed by atoms with van der Waals surface area (Å²) in [4.78, 5) is 27.9. The van der Waals surface area contributed by atoms with E-state index in [1.807, 2.05) is 6.92 Å². The van der Waals surface area contributed by atoms with Crippen LogP contribution >= 0.6 is 34.8 Å². The summed E-state index contributed by atoms with van der Waals surface area (Å²) in [5, 5.41) is 3.75. The monoisotopic (exact) mass is 595 g/mol. The summed E-state index contributed by atoms with van der Waals surface area (Å²) in [7, 11) is -4.18. The first-order valence-corrected chi connectivity index (χ1v) is 14.4. The molecule has 0 fully saturated rings. The summed E-state index contributed by atoms with van der Waals surface area (Å²) in [6, 6.07) is 16.5. The lowest BCUT2D eigenvalue weighted by atomic mass is 10.1. The first kappa shape index (κ1) is 29.8. The standard InChI is InChI=1S/C27H28Cl3N3O4S/c1-4-31-27(35)19(3)32(16-20-10-11-22(29)15-25(20)30)26(34)17-33(23-7-5-6-21(28)14-23)38(36,37)24-12-8-18(2)9-13-24/h5-15,19H,4,16-17H2,1-3H3,(H,31,35)/t19-/m1/s1. The molecular formula is C27H28Cl3N3O4S. The Kier molecular flexibility index (Phi) is 10.1. The smallest absolute Gasteiger partial charge is 0.264 e. The Labute approximate surface area is 238 Å². The van der Waals surface area contributed by atoms with Crippen LogP contribution in [0.3, 0.4) is 0 Å². The van der Waals surface area contributed by atoms with Crippen molar-refractivity contribution in [3.8, 4) is 0 Å². The number of amides is 2. The third kappa shape index (κ3) is 7.20. The van der Waals surface area contributed by atoms with Gasteiger partial charge in [0.2, 0.25) is 11.8 Å². The van der Waals surface area contributed by atoms with Crippen LogP contribution in [0.5, 0.6) is 0 Å². The molecule has 0 heterocycles. The van der Waals surface area contributed by atoms with Crippen molar-refractivity contribution >= 4 is 62.3 Å². The van der Waals surface area contributed by atoms with Crippen LogP contribution in [0.1, 0.15) is 25.0 Å². The summed E-state index contributed by atoms with van der Waals surface area (Å²) in [5.74, 6) is -0.993. The zero-order valence-electron chi connectivity index (χ0n) is 21.1. The quantitative estimate of drug-likeness (QED) is 0.325. The Morgan fingerprint density at radius 3 is 2.21 bits per heavy atom. The molecule has 0 aliphatic rings. The van der Waals surface area contributed by atoms with Gasteiger partial charge in [0.15, 0.2) is 0 Å². The molecule has 3 aromatic rings. The van der Waals surface area contributed by atoms with E-state index in [4.69, 9.17) is 34.8 Å². The van der Waals surface area contributed by atoms with Crippen LogP contribution in [0.15, 0.2) is 71.6 Å². The van der Waals surface area contributed by atoms with Crippen LogP contribution in [0.2, 0.25) is 15.1 Å². The van der Waals surface area contributed by atoms with E-state index in [9.17, 15) is 18.0 Å². The minimum Gasteiger partial charge on any atom is -0.355 e. The highest BCUT2D eigenvalue weighted by atomic mass is 35.5. The average molecular weight is 597 g/mol. The molecule has 0 aliphatic heterocycles. The van der Waals surface area contributed by atoms with Gasteiger partial charge in [-0.15, -0.1) is 0 Å². The van der Waals surface area contributed by atoms with Gasteiger partial charge < -0.3 is 10.2 Å². The number of halogens is 3. The summed E-state index contributed by atoms with van der Waals surface area (Å²) >= 11 is 18.6. The average Bonchev–Trinajstić information content (AvgIpc) is 2.86. The molecule has 38 heavy (non-hydrogen) atoms. The fourth-order valence-corrected chi connectivity index (χ4v) is 5.79. The SMILES string of the molecule is CCNC(=O)[C@@H](C)N(Cc1ccc(Cl)cc1Cl)C(=O)CN(c1cccc(Cl)c1)S(=O)(=O)c1ccc(C)cc1. The van der Waals surface area contributed by atoms with Crippen molar-refractivity contribution in [2.24, 2.45) is 0 Å². The minimum absolute atomic E-state index is 0.0138. The molecule has 0 aromatic heterocycles. The first-order chi connectivity index (χ1) is 17.9. The number of nitrogens with one attached hydrogen (secondary N) is 1. The van der Waals surface area contributed by atoms with Crippen LogP contribution < -0.4 is 9.62 Å². The summed E-state index contributed by atoms with van der Waals surface area (Å²) in [6.07, 6.45) is 0. The highest BCUT2D eigenvalue weighted by Crippen LogP contribution is 2.28. The molecular weight excluding hydrogens is 569 g/mol. The number of rotatable bonds is 10. The second-order valence-electron chi connectivity index (χ2n) is 8.63. The van der Waals surface area contributed by atoms with E-state index in [0.29, 0.717) is 27.2 Å². The van der Waals surface area contributed by atoms with Crippen LogP contribution in [-0.4, -0.2) is 44.3 Å². The van der Waals surface area contributed by atoms with Gasteiger partial charge in [-0.2, -0.15) is 0 Å². The van der Waals surface area contributed by atoms with Crippen molar-refractivity contribution < 1.29 is 18.0 Å². The Balaban J connectivity index is 2.05. The van der Waals surface area contributed by atoms with Gasteiger partial charge >= 0.3 is 0 Å². The number of likely N-dealkylation sites (N-methyl/N-ethyl adjacent to an activating group) is 1. The lowest BCUT2D eigenvalue weighted by Gasteiger charge is -2.32. The van der Waals surface area contributed by atoms with Gasteiger partial charge in [0.1, 0.15) is 12.6 Å². The number of carbonyl (C=O) groups is 2. The van der Waals surface area contributed by atoms with Crippen molar-refractivity contribution in [1.29, 1.82) is 0 Å². The number of sulfonamides is 1. The molecule has 0 saturated heterocycles. The number of benzene rings is 3. The maximum absolute atomic E-state index is 13.8. The fourth-order valence-electron chi connectivity index (χ4n) is 3.74. The Morgan fingerprint density at radius 1 is 0.947 bits per heavy atom. The van der Waals surface area contributed by atoms with E-state index in [0.717, 1.165) is 9.87 Å². The maximum Gasteiger partial charge on any atom is 0.264 e. The third-order valence-electron chi connectivity index (χ3n) is 5.86. The maximum atomic E-state index is 13.8. The van der Waals surface area contributed by atoms with Crippen molar-refractivity contribution in [3.05, 3.63) is 92.9 Å². The second kappa shape index (κ2) is 12.8. The molecule has 0 spiro atoms. The second-order valence-corrected chi connectivity index (χ2v) is 11.8. The summed E-state index contributed by atoms with van der Waals surface area (Å²) in [6.45, 7) is 4.93. The predicted molar refractivity (Wildman–Crippen MR) is 152 cm³/mol. The highest BCUT2D eigenvalue weighted by molar-refractivity contribution is 7.92. The van der Waals surface area contributed by atoms with E-state index in [1.54, 1.807) is 56.3 Å². The number of hydrogen-bond acceptors (Lipinski definition) is 4. The van der Waals surface area contributed by atoms with E-state index in [-0.39, 0.29) is 23.0 Å². The van der Waals surface area contributed by atoms with E-state index in [2.05, 4.69) is 5.32 Å². The van der Waals surface area contributed by atoms with Gasteiger partial charge in [-0.3, -0.25) is 13.9 Å². The molecule has 0 aliphatic carbocycles. The molecule has 0 bridgehead atoms. The van der Waals surface area contributed by atoms with Gasteiger partial charge in [0.05, 0.1) is 10.6 Å². The molecule has 3 aromatic carbocycles. The van der Waals surface area contributed by atoms with Crippen LogP contribution in [-0.2, 0) is 26.2 Å². The molecule has 0 unspecified atom stereocenters. The summed E-state index contributed by atoms with van der Waals surface area (Å²) < 4.78 is 28.5. The van der Waals surface area contributed by atoms with Crippen LogP contribution in [0.4, 0.5) is 5.69 Å². The molecule has 7 nitrogen and oxygen atoms in total. The van der Waals surface area contributed by atoms with Crippen molar-refractivity contribution in [3.63, 3.8) is 0 Å². The fraction of sp³-hybridized carbons (Fsp3) is 0.259. The molecule has 0 radical (unpaired) electrons. The molecule has 2 amide bonds. The Bertz CT molecular complexity index is 1420. The molecule has 3 rings (SSSR count). The zero-order chi connectivity index (χ0) is 28.0. The Hall–Kier alpha value is -2.78. The van der Waals surface area contributed by atoms with E-state index in [1.165, 1.54) is 29.2 Å². The first-order valence-electron chi connectivity index (χ1n) is 11.8. The van der Waals surface area contributed by atoms with Crippen molar-refractivity contribution in [2.45, 2.75) is 38.3 Å². The predicted octanol–water partition coefficient (Wildman–Crippen LogP) is 5.70. The number of hydrogen-bond donors (Lipinski definition) is 1. The van der Waals surface area contributed by atoms with E-state index >= 15 is 0 Å². The van der Waals surface area contributed by atoms with Gasteiger partial charge in [-0.05, 0) is 68.8 Å². The molecule has 1 atom stereocenters. The lowest BCUT2D eigenvalue weighted by Crippen LogP contribution is -2.51. The highest BCUT2D eigenvalue weighted by Gasteiger charge is 2.32. The van der Waals surface area contributed by atoms with Crippen molar-refractivity contribution in [1.82, 2.24) is 10.2 Å². The number of carbonyl (C=O) groups excluding carboxylic acids is 2. The molecule has 1 N–H and O–H groups in total. The normalized spacial score (nSPS) is 12.1. The van der Waals surface area contributed by atoms with Crippen molar-refractivity contribution in [2.75, 3.05) is 17.4 Å². The Morgan fingerprint density at radius 2 is 1.61 bits per heavy atom. The number of nitrogens with zero attached hydrogens (tertiary/aromatic N) is 2. The molecule has 11 heteroatoms. The van der Waals surface area contributed by atoms with Gasteiger partial charge in [0.25, 0.3) is 10.0 Å². The van der Waals surface area contributed by atoms with Crippen LogP contribution in [0.25, 0.3) is 0 Å². The lowest BCUT2D eigenvalue weighted by molar-refractivity contribution is -0.139. The van der Waals surface area contributed by atoms with Gasteiger partial charge in [0, 0.05) is 28.2 Å².